The van der Waals surface area contributed by atoms with Crippen LogP contribution in [0.25, 0.3) is 0 Å². The number of H-pyrrole nitrogens is 1. The zero-order valence-electron chi connectivity index (χ0n) is 14.2. The number of nitrogens with one attached hydrogen (secondary N) is 1. The van der Waals surface area contributed by atoms with Crippen LogP contribution in [0, 0.1) is 17.1 Å². The van der Waals surface area contributed by atoms with Gasteiger partial charge >= 0.3 is 6.18 Å². The number of nitrogens with zero attached hydrogens (tertiary/aromatic N) is 4. The standard InChI is InChI=1S/C17H9F4N5O3/c18-10-3-9(6-22)4-12(5-10)29-14-15(17(19,20)21)23-8-26(16(14)28)7-11-1-2-13(27)25-24-11/h1-5,8H,7H2,(H,25,27). The molecule has 1 aromatic carbocycles. The van der Waals surface area contributed by atoms with Gasteiger partial charge in [-0.15, -0.1) is 0 Å². The summed E-state index contributed by atoms with van der Waals surface area (Å²) in [7, 11) is 0. The second-order valence-corrected chi connectivity index (χ2v) is 5.66. The van der Waals surface area contributed by atoms with Crippen LogP contribution in [0.5, 0.6) is 11.5 Å². The van der Waals surface area contributed by atoms with Crippen molar-refractivity contribution in [2.45, 2.75) is 12.7 Å². The first-order valence-corrected chi connectivity index (χ1v) is 7.77. The number of nitriles is 1. The molecule has 0 saturated heterocycles. The van der Waals surface area contributed by atoms with E-state index in [9.17, 15) is 27.2 Å². The van der Waals surface area contributed by atoms with Crippen molar-refractivity contribution in [3.63, 3.8) is 0 Å². The van der Waals surface area contributed by atoms with Crippen molar-refractivity contribution in [3.05, 3.63) is 80.1 Å². The van der Waals surface area contributed by atoms with Crippen LogP contribution in [0.15, 0.2) is 46.2 Å². The Morgan fingerprint density at radius 2 is 1.97 bits per heavy atom. The number of aromatic nitrogens is 4. The molecule has 1 N–H and O–H groups in total. The van der Waals surface area contributed by atoms with Gasteiger partial charge in [0.05, 0.1) is 30.2 Å². The number of aromatic amines is 1. The van der Waals surface area contributed by atoms with Gasteiger partial charge in [0.2, 0.25) is 5.75 Å². The Labute approximate surface area is 158 Å². The normalized spacial score (nSPS) is 11.1. The van der Waals surface area contributed by atoms with Crippen molar-refractivity contribution < 1.29 is 22.3 Å². The number of halogens is 4. The maximum Gasteiger partial charge on any atom is 0.437 e. The third-order valence-electron chi connectivity index (χ3n) is 3.55. The van der Waals surface area contributed by atoms with Gasteiger partial charge in [-0.3, -0.25) is 14.2 Å². The molecule has 0 fully saturated rings. The van der Waals surface area contributed by atoms with Crippen molar-refractivity contribution in [1.82, 2.24) is 19.7 Å². The number of benzene rings is 1. The molecule has 0 saturated carbocycles. The summed E-state index contributed by atoms with van der Waals surface area (Å²) in [6, 6.07) is 6.57. The first-order valence-electron chi connectivity index (χ1n) is 7.77. The monoisotopic (exact) mass is 407 g/mol. The van der Waals surface area contributed by atoms with Crippen molar-refractivity contribution in [2.75, 3.05) is 0 Å². The van der Waals surface area contributed by atoms with Gasteiger partial charge in [0, 0.05) is 12.1 Å². The molecular formula is C17H9F4N5O3. The number of alkyl halides is 3. The Balaban J connectivity index is 2.09. The van der Waals surface area contributed by atoms with Crippen LogP contribution in [-0.4, -0.2) is 19.7 Å². The van der Waals surface area contributed by atoms with E-state index in [4.69, 9.17) is 10.00 Å². The molecule has 8 nitrogen and oxygen atoms in total. The topological polar surface area (TPSA) is 114 Å². The van der Waals surface area contributed by atoms with Gasteiger partial charge in [-0.05, 0) is 18.2 Å². The summed E-state index contributed by atoms with van der Waals surface area (Å²) < 4.78 is 59.2. The van der Waals surface area contributed by atoms with Gasteiger partial charge in [0.25, 0.3) is 11.1 Å². The molecule has 0 aliphatic rings. The van der Waals surface area contributed by atoms with Gasteiger partial charge in [0.1, 0.15) is 11.6 Å². The zero-order chi connectivity index (χ0) is 21.2. The van der Waals surface area contributed by atoms with Crippen molar-refractivity contribution >= 4 is 0 Å². The molecule has 0 aliphatic carbocycles. The minimum atomic E-state index is -5.03. The molecule has 3 aromatic rings. The second kappa shape index (κ2) is 7.55. The lowest BCUT2D eigenvalue weighted by Crippen LogP contribution is -2.27. The van der Waals surface area contributed by atoms with E-state index >= 15 is 0 Å². The quantitative estimate of drug-likeness (QED) is 0.664. The Morgan fingerprint density at radius 1 is 1.21 bits per heavy atom. The van der Waals surface area contributed by atoms with Gasteiger partial charge in [-0.2, -0.15) is 23.5 Å². The van der Waals surface area contributed by atoms with Crippen molar-refractivity contribution in [1.29, 1.82) is 5.26 Å². The molecule has 2 aromatic heterocycles. The van der Waals surface area contributed by atoms with Gasteiger partial charge < -0.3 is 4.74 Å². The largest absolute Gasteiger partial charge is 0.449 e. The molecule has 12 heteroatoms. The van der Waals surface area contributed by atoms with Crippen molar-refractivity contribution in [2.24, 2.45) is 0 Å². The van der Waals surface area contributed by atoms with Crippen LogP contribution in [0.2, 0.25) is 0 Å². The lowest BCUT2D eigenvalue weighted by atomic mass is 10.2. The maximum absolute atomic E-state index is 13.6. The summed E-state index contributed by atoms with van der Waals surface area (Å²) in [6.45, 7) is -0.316. The van der Waals surface area contributed by atoms with E-state index in [-0.39, 0.29) is 17.8 Å². The Kier molecular flexibility index (Phi) is 5.14. The number of rotatable bonds is 4. The van der Waals surface area contributed by atoms with Crippen LogP contribution in [-0.2, 0) is 12.7 Å². The highest BCUT2D eigenvalue weighted by molar-refractivity contribution is 5.40. The van der Waals surface area contributed by atoms with Gasteiger partial charge in [0.15, 0.2) is 5.69 Å². The maximum atomic E-state index is 13.6. The highest BCUT2D eigenvalue weighted by atomic mass is 19.4. The van der Waals surface area contributed by atoms with Crippen LogP contribution >= 0.6 is 0 Å². The zero-order valence-corrected chi connectivity index (χ0v) is 14.2. The Bertz CT molecular complexity index is 1210. The second-order valence-electron chi connectivity index (χ2n) is 5.66. The van der Waals surface area contributed by atoms with Crippen LogP contribution < -0.4 is 15.9 Å². The SMILES string of the molecule is N#Cc1cc(F)cc(Oc2c(C(F)(F)F)ncn(Cc3ccc(=O)[nH]n3)c2=O)c1. The molecule has 29 heavy (non-hydrogen) atoms. The summed E-state index contributed by atoms with van der Waals surface area (Å²) in [5, 5.41) is 14.6. The van der Waals surface area contributed by atoms with E-state index in [1.165, 1.54) is 6.07 Å². The molecule has 0 spiro atoms. The van der Waals surface area contributed by atoms with E-state index in [0.717, 1.165) is 28.8 Å². The molecule has 0 unspecified atom stereocenters. The van der Waals surface area contributed by atoms with E-state index in [0.29, 0.717) is 6.33 Å². The fraction of sp³-hybridized carbons (Fsp3) is 0.118. The highest BCUT2D eigenvalue weighted by Crippen LogP contribution is 2.34. The third-order valence-corrected chi connectivity index (χ3v) is 3.55. The molecular weight excluding hydrogens is 398 g/mol. The summed E-state index contributed by atoms with van der Waals surface area (Å²) in [4.78, 5) is 26.9. The van der Waals surface area contributed by atoms with Gasteiger partial charge in [-0.25, -0.2) is 14.5 Å². The predicted octanol–water partition coefficient (Wildman–Crippen LogP) is 2.20. The number of hydrogen-bond acceptors (Lipinski definition) is 6. The minimum absolute atomic E-state index is 0.164. The van der Waals surface area contributed by atoms with Crippen LogP contribution in [0.4, 0.5) is 17.6 Å². The summed E-state index contributed by atoms with van der Waals surface area (Å²) in [5.41, 5.74) is -3.39. The summed E-state index contributed by atoms with van der Waals surface area (Å²) >= 11 is 0. The summed E-state index contributed by atoms with van der Waals surface area (Å²) in [5.74, 6) is -2.61. The van der Waals surface area contributed by atoms with Gasteiger partial charge in [-0.1, -0.05) is 0 Å². The molecule has 0 bridgehead atoms. The smallest absolute Gasteiger partial charge is 0.437 e. The Morgan fingerprint density at radius 3 is 2.59 bits per heavy atom. The summed E-state index contributed by atoms with van der Waals surface area (Å²) in [6.07, 6.45) is -4.38. The highest BCUT2D eigenvalue weighted by Gasteiger charge is 2.38. The molecule has 2 heterocycles. The lowest BCUT2D eigenvalue weighted by Gasteiger charge is -2.14. The molecule has 3 rings (SSSR count). The lowest BCUT2D eigenvalue weighted by molar-refractivity contribution is -0.142. The van der Waals surface area contributed by atoms with E-state index < -0.39 is 40.3 Å². The van der Waals surface area contributed by atoms with E-state index in [1.807, 2.05) is 0 Å². The minimum Gasteiger partial charge on any atom is -0.449 e. The van der Waals surface area contributed by atoms with E-state index in [1.54, 1.807) is 6.07 Å². The number of ether oxygens (including phenoxy) is 1. The molecule has 0 radical (unpaired) electrons. The third kappa shape index (κ3) is 4.46. The molecule has 148 valence electrons. The first kappa shape index (κ1) is 19.7. The predicted molar refractivity (Wildman–Crippen MR) is 88.6 cm³/mol. The van der Waals surface area contributed by atoms with E-state index in [2.05, 4.69) is 15.2 Å². The van der Waals surface area contributed by atoms with Crippen LogP contribution in [0.3, 0.4) is 0 Å². The van der Waals surface area contributed by atoms with Crippen molar-refractivity contribution in [3.8, 4) is 17.6 Å². The Hall–Kier alpha value is -4.01. The molecule has 0 atom stereocenters. The number of hydrogen-bond donors (Lipinski definition) is 1. The average molecular weight is 407 g/mol. The first-order chi connectivity index (χ1) is 13.7. The molecule has 0 aliphatic heterocycles. The van der Waals surface area contributed by atoms with Crippen LogP contribution in [0.1, 0.15) is 17.0 Å². The fourth-order valence-electron chi connectivity index (χ4n) is 2.32. The average Bonchev–Trinajstić information content (AvgIpc) is 2.65. The molecule has 0 amide bonds. The fourth-order valence-corrected chi connectivity index (χ4v) is 2.32.